The Morgan fingerprint density at radius 3 is 2.62 bits per heavy atom. The molecule has 0 atom stereocenters. The van der Waals surface area contributed by atoms with Crippen LogP contribution < -0.4 is 10.6 Å². The van der Waals surface area contributed by atoms with Crippen LogP contribution >= 0.6 is 15.9 Å². The molecule has 0 unspecified atom stereocenters. The first kappa shape index (κ1) is 15.8. The summed E-state index contributed by atoms with van der Waals surface area (Å²) in [6.45, 7) is 2.77. The van der Waals surface area contributed by atoms with E-state index in [1.165, 1.54) is 12.5 Å². The van der Waals surface area contributed by atoms with Gasteiger partial charge in [-0.2, -0.15) is 0 Å². The average Bonchev–Trinajstić information content (AvgIpc) is 2.37. The minimum atomic E-state index is -1.07. The van der Waals surface area contributed by atoms with Crippen molar-refractivity contribution >= 4 is 33.6 Å². The minimum Gasteiger partial charge on any atom is -0.478 e. The van der Waals surface area contributed by atoms with Crippen LogP contribution in [0.25, 0.3) is 0 Å². The van der Waals surface area contributed by atoms with Gasteiger partial charge in [0.2, 0.25) is 0 Å². The van der Waals surface area contributed by atoms with Gasteiger partial charge in [0.05, 0.1) is 11.3 Å². The second kappa shape index (κ2) is 6.47. The number of aromatic carboxylic acids is 1. The van der Waals surface area contributed by atoms with Gasteiger partial charge >= 0.3 is 12.0 Å². The van der Waals surface area contributed by atoms with E-state index >= 15 is 0 Å². The molecule has 0 aliphatic heterocycles. The largest absolute Gasteiger partial charge is 0.478 e. The Kier molecular flexibility index (Phi) is 4.88. The van der Waals surface area contributed by atoms with E-state index in [1.54, 1.807) is 12.1 Å². The maximum Gasteiger partial charge on any atom is 0.337 e. The summed E-state index contributed by atoms with van der Waals surface area (Å²) < 4.78 is 0.715. The van der Waals surface area contributed by atoms with Crippen LogP contribution in [0.5, 0.6) is 0 Å². The van der Waals surface area contributed by atoms with Crippen molar-refractivity contribution in [1.82, 2.24) is 5.32 Å². The number of benzene rings is 1. The Morgan fingerprint density at radius 2 is 2.10 bits per heavy atom. The van der Waals surface area contributed by atoms with Crippen LogP contribution in [0, 0.1) is 5.41 Å². The number of anilines is 1. The standard InChI is InChI=1S/C15H19BrN2O3/c1-2-15(6-3-7-15)9-17-14(21)18-12-8-10(16)4-5-11(12)13(19)20/h4-5,8H,2-3,6-7,9H2,1H3,(H,19,20)(H2,17,18,21). The molecular formula is C15H19BrN2O3. The number of carbonyl (C=O) groups is 2. The lowest BCUT2D eigenvalue weighted by Crippen LogP contribution is -2.43. The van der Waals surface area contributed by atoms with E-state index < -0.39 is 5.97 Å². The van der Waals surface area contributed by atoms with Crippen molar-refractivity contribution in [3.05, 3.63) is 28.2 Å². The number of urea groups is 1. The predicted octanol–water partition coefficient (Wildman–Crippen LogP) is 3.85. The summed E-state index contributed by atoms with van der Waals surface area (Å²) in [7, 11) is 0. The molecule has 21 heavy (non-hydrogen) atoms. The van der Waals surface area contributed by atoms with Gasteiger partial charge in [0.15, 0.2) is 0 Å². The molecule has 0 heterocycles. The van der Waals surface area contributed by atoms with E-state index in [4.69, 9.17) is 5.11 Å². The zero-order chi connectivity index (χ0) is 15.5. The van der Waals surface area contributed by atoms with E-state index in [-0.39, 0.29) is 22.7 Å². The summed E-state index contributed by atoms with van der Waals surface area (Å²) in [6, 6.07) is 4.31. The number of nitrogens with one attached hydrogen (secondary N) is 2. The number of hydrogen-bond donors (Lipinski definition) is 3. The predicted molar refractivity (Wildman–Crippen MR) is 84.7 cm³/mol. The summed E-state index contributed by atoms with van der Waals surface area (Å²) in [6.07, 6.45) is 4.54. The molecule has 6 heteroatoms. The van der Waals surface area contributed by atoms with Crippen LogP contribution in [-0.4, -0.2) is 23.7 Å². The Labute approximate surface area is 132 Å². The van der Waals surface area contributed by atoms with Crippen molar-refractivity contribution in [1.29, 1.82) is 0 Å². The van der Waals surface area contributed by atoms with Crippen LogP contribution in [-0.2, 0) is 0 Å². The molecule has 2 rings (SSSR count). The fourth-order valence-electron chi connectivity index (χ4n) is 2.57. The number of carboxylic acid groups (broad SMARTS) is 1. The number of halogens is 1. The highest BCUT2D eigenvalue weighted by Crippen LogP contribution is 2.43. The second-order valence-electron chi connectivity index (χ2n) is 5.51. The van der Waals surface area contributed by atoms with Crippen molar-refractivity contribution < 1.29 is 14.7 Å². The van der Waals surface area contributed by atoms with E-state index in [9.17, 15) is 9.59 Å². The normalized spacial score (nSPS) is 15.9. The Bertz CT molecular complexity index is 550. The lowest BCUT2D eigenvalue weighted by molar-refractivity contribution is 0.0698. The molecule has 0 saturated heterocycles. The van der Waals surface area contributed by atoms with Crippen LogP contribution in [0.2, 0.25) is 0 Å². The summed E-state index contributed by atoms with van der Waals surface area (Å²) in [5.41, 5.74) is 0.584. The van der Waals surface area contributed by atoms with Crippen molar-refractivity contribution in [2.75, 3.05) is 11.9 Å². The van der Waals surface area contributed by atoms with E-state index in [0.717, 1.165) is 19.3 Å². The molecule has 1 aromatic rings. The smallest absolute Gasteiger partial charge is 0.337 e. The highest BCUT2D eigenvalue weighted by Gasteiger charge is 2.35. The first-order valence-electron chi connectivity index (χ1n) is 7.03. The Balaban J connectivity index is 1.99. The number of carboxylic acids is 1. The summed E-state index contributed by atoms with van der Waals surface area (Å²) in [4.78, 5) is 23.1. The zero-order valence-corrected chi connectivity index (χ0v) is 13.5. The van der Waals surface area contributed by atoms with Crippen molar-refractivity contribution in [3.63, 3.8) is 0 Å². The van der Waals surface area contributed by atoms with Crippen LogP contribution in [0.4, 0.5) is 10.5 Å². The zero-order valence-electron chi connectivity index (χ0n) is 11.9. The van der Waals surface area contributed by atoms with Crippen molar-refractivity contribution in [3.8, 4) is 0 Å². The van der Waals surface area contributed by atoms with Crippen molar-refractivity contribution in [2.45, 2.75) is 32.6 Å². The molecule has 114 valence electrons. The molecule has 3 N–H and O–H groups in total. The van der Waals surface area contributed by atoms with E-state index in [2.05, 4.69) is 33.5 Å². The third-order valence-corrected chi connectivity index (χ3v) is 4.74. The number of hydrogen-bond acceptors (Lipinski definition) is 2. The third-order valence-electron chi connectivity index (χ3n) is 4.25. The van der Waals surface area contributed by atoms with Gasteiger partial charge in [-0.3, -0.25) is 0 Å². The highest BCUT2D eigenvalue weighted by molar-refractivity contribution is 9.10. The molecule has 0 radical (unpaired) electrons. The summed E-state index contributed by atoms with van der Waals surface area (Å²) in [5, 5.41) is 14.6. The number of rotatable bonds is 5. The van der Waals surface area contributed by atoms with Gasteiger partial charge in [0.1, 0.15) is 0 Å². The van der Waals surface area contributed by atoms with Crippen LogP contribution in [0.15, 0.2) is 22.7 Å². The molecule has 1 saturated carbocycles. The topological polar surface area (TPSA) is 78.4 Å². The van der Waals surface area contributed by atoms with Gasteiger partial charge in [0.25, 0.3) is 0 Å². The molecule has 1 aliphatic carbocycles. The van der Waals surface area contributed by atoms with E-state index in [1.807, 2.05) is 0 Å². The monoisotopic (exact) mass is 354 g/mol. The summed E-state index contributed by atoms with van der Waals surface area (Å²) in [5.74, 6) is -1.07. The van der Waals surface area contributed by atoms with Crippen LogP contribution in [0.1, 0.15) is 43.0 Å². The van der Waals surface area contributed by atoms with Crippen molar-refractivity contribution in [2.24, 2.45) is 5.41 Å². The maximum atomic E-state index is 12.0. The number of amides is 2. The van der Waals surface area contributed by atoms with Gasteiger partial charge in [-0.15, -0.1) is 0 Å². The molecule has 2 amide bonds. The number of carbonyl (C=O) groups excluding carboxylic acids is 1. The first-order chi connectivity index (χ1) is 9.96. The van der Waals surface area contributed by atoms with Gasteiger partial charge in [0, 0.05) is 11.0 Å². The molecule has 0 aromatic heterocycles. The molecule has 5 nitrogen and oxygen atoms in total. The third kappa shape index (κ3) is 3.75. The molecule has 1 aromatic carbocycles. The minimum absolute atomic E-state index is 0.0715. The molecular weight excluding hydrogens is 336 g/mol. The quantitative estimate of drug-likeness (QED) is 0.751. The van der Waals surface area contributed by atoms with Crippen LogP contribution in [0.3, 0.4) is 0 Å². The molecule has 0 bridgehead atoms. The fourth-order valence-corrected chi connectivity index (χ4v) is 2.93. The molecule has 1 fully saturated rings. The van der Waals surface area contributed by atoms with Gasteiger partial charge in [-0.1, -0.05) is 29.3 Å². The maximum absolute atomic E-state index is 12.0. The van der Waals surface area contributed by atoms with Gasteiger partial charge in [-0.25, -0.2) is 9.59 Å². The first-order valence-corrected chi connectivity index (χ1v) is 7.83. The highest BCUT2D eigenvalue weighted by atomic mass is 79.9. The molecule has 0 spiro atoms. The lowest BCUT2D eigenvalue weighted by Gasteiger charge is -2.41. The molecule has 1 aliphatic rings. The second-order valence-corrected chi connectivity index (χ2v) is 6.43. The van der Waals surface area contributed by atoms with E-state index in [0.29, 0.717) is 11.0 Å². The summed E-state index contributed by atoms with van der Waals surface area (Å²) >= 11 is 3.27. The fraction of sp³-hybridized carbons (Fsp3) is 0.467. The lowest BCUT2D eigenvalue weighted by atomic mass is 9.67. The SMILES string of the molecule is CCC1(CNC(=O)Nc2cc(Br)ccc2C(=O)O)CCC1. The Hall–Kier alpha value is -1.56. The Morgan fingerprint density at radius 1 is 1.38 bits per heavy atom. The van der Waals surface area contributed by atoms with Gasteiger partial charge < -0.3 is 15.7 Å². The van der Waals surface area contributed by atoms with Gasteiger partial charge in [-0.05, 0) is 42.9 Å². The average molecular weight is 355 g/mol.